The number of benzene rings is 2. The summed E-state index contributed by atoms with van der Waals surface area (Å²) in [6.45, 7) is 1.37. The highest BCUT2D eigenvalue weighted by atomic mass is 35.5. The summed E-state index contributed by atoms with van der Waals surface area (Å²) in [4.78, 5) is 14.0. The molecule has 2 aromatic rings. The molecule has 0 saturated carbocycles. The number of piperidine rings is 1. The van der Waals surface area contributed by atoms with Gasteiger partial charge in [0, 0.05) is 13.1 Å². The number of nitrogens with zero attached hydrogens (tertiary/aromatic N) is 1. The molecule has 3 rings (SSSR count). The Balaban J connectivity index is 0.00000320. The standard InChI is InChI=1S/C22H23NO5S.ClH/c1-2-14-23-15-12-22(13-16-23,21(24)25)17-29(26,27)20-10-8-19(9-11-20)28-18-6-4-3-5-7-18;/h1,3-11H,12-17H2,(H,24,25);1H. The molecule has 0 radical (unpaired) electrons. The number of hydrogen-bond acceptors (Lipinski definition) is 5. The monoisotopic (exact) mass is 449 g/mol. The molecule has 1 N–H and O–H groups in total. The van der Waals surface area contributed by atoms with E-state index in [0.29, 0.717) is 31.1 Å². The first-order valence-electron chi connectivity index (χ1n) is 9.30. The van der Waals surface area contributed by atoms with Crippen molar-refractivity contribution in [3.63, 3.8) is 0 Å². The number of aliphatic carboxylic acids is 1. The third-order valence-electron chi connectivity index (χ3n) is 5.21. The van der Waals surface area contributed by atoms with E-state index in [2.05, 4.69) is 5.92 Å². The first-order chi connectivity index (χ1) is 13.8. The Kier molecular flexibility index (Phi) is 7.90. The van der Waals surface area contributed by atoms with Crippen LogP contribution in [0, 0.1) is 17.8 Å². The van der Waals surface area contributed by atoms with Gasteiger partial charge in [0.15, 0.2) is 9.84 Å². The molecular formula is C22H24ClNO5S. The highest BCUT2D eigenvalue weighted by Crippen LogP contribution is 2.35. The second-order valence-corrected chi connectivity index (χ2v) is 9.20. The molecule has 0 spiro atoms. The van der Waals surface area contributed by atoms with Crippen LogP contribution in [0.1, 0.15) is 12.8 Å². The van der Waals surface area contributed by atoms with Crippen LogP contribution in [-0.4, -0.2) is 49.8 Å². The molecule has 1 aliphatic rings. The van der Waals surface area contributed by atoms with Crippen LogP contribution in [0.5, 0.6) is 11.5 Å². The molecule has 2 aromatic carbocycles. The summed E-state index contributed by atoms with van der Waals surface area (Å²) < 4.78 is 31.6. The number of rotatable bonds is 7. The van der Waals surface area contributed by atoms with Gasteiger partial charge in [0.05, 0.1) is 22.6 Å². The summed E-state index contributed by atoms with van der Waals surface area (Å²) in [6.07, 6.45) is 5.81. The van der Waals surface area contributed by atoms with E-state index in [1.165, 1.54) is 12.1 Å². The van der Waals surface area contributed by atoms with Crippen molar-refractivity contribution in [2.24, 2.45) is 5.41 Å². The van der Waals surface area contributed by atoms with Gasteiger partial charge in [0.2, 0.25) is 0 Å². The highest BCUT2D eigenvalue weighted by molar-refractivity contribution is 7.91. The number of sulfone groups is 1. The van der Waals surface area contributed by atoms with Crippen molar-refractivity contribution in [2.45, 2.75) is 17.7 Å². The zero-order chi connectivity index (χ0) is 20.9. The Morgan fingerprint density at radius 1 is 1.07 bits per heavy atom. The van der Waals surface area contributed by atoms with Gasteiger partial charge in [-0.05, 0) is 49.2 Å². The van der Waals surface area contributed by atoms with E-state index < -0.39 is 27.0 Å². The first-order valence-corrected chi connectivity index (χ1v) is 10.9. The van der Waals surface area contributed by atoms with Crippen LogP contribution < -0.4 is 4.74 Å². The molecule has 0 amide bonds. The number of terminal acetylenes is 1. The number of ether oxygens (including phenoxy) is 1. The normalized spacial score (nSPS) is 16.1. The number of hydrogen-bond donors (Lipinski definition) is 1. The smallest absolute Gasteiger partial charge is 0.310 e. The third-order valence-corrected chi connectivity index (χ3v) is 7.13. The molecule has 6 nitrogen and oxygen atoms in total. The van der Waals surface area contributed by atoms with Gasteiger partial charge in [-0.25, -0.2) is 8.42 Å². The van der Waals surface area contributed by atoms with Gasteiger partial charge in [-0.3, -0.25) is 9.69 Å². The summed E-state index contributed by atoms with van der Waals surface area (Å²) in [5.41, 5.74) is -1.30. The number of carbonyl (C=O) groups is 1. The lowest BCUT2D eigenvalue weighted by atomic mass is 9.80. The SMILES string of the molecule is C#CCN1CCC(CS(=O)(=O)c2ccc(Oc3ccccc3)cc2)(C(=O)O)CC1.Cl. The summed E-state index contributed by atoms with van der Waals surface area (Å²) in [7, 11) is -3.78. The number of likely N-dealkylation sites (tertiary alicyclic amines) is 1. The number of carboxylic acids is 1. The maximum Gasteiger partial charge on any atom is 0.310 e. The van der Waals surface area contributed by atoms with Crippen molar-refractivity contribution < 1.29 is 23.1 Å². The molecule has 0 bridgehead atoms. The van der Waals surface area contributed by atoms with Crippen molar-refractivity contribution in [3.05, 3.63) is 54.6 Å². The molecule has 0 atom stereocenters. The minimum Gasteiger partial charge on any atom is -0.481 e. The van der Waals surface area contributed by atoms with Crippen LogP contribution >= 0.6 is 12.4 Å². The predicted octanol–water partition coefficient (Wildman–Crippen LogP) is 3.47. The van der Waals surface area contributed by atoms with Gasteiger partial charge in [0.25, 0.3) is 0 Å². The molecule has 0 aliphatic carbocycles. The Labute approximate surface area is 183 Å². The van der Waals surface area contributed by atoms with Crippen LogP contribution in [0.15, 0.2) is 59.5 Å². The molecule has 1 aliphatic heterocycles. The van der Waals surface area contributed by atoms with Crippen LogP contribution in [-0.2, 0) is 14.6 Å². The van der Waals surface area contributed by atoms with Crippen molar-refractivity contribution in [3.8, 4) is 23.8 Å². The van der Waals surface area contributed by atoms with E-state index in [9.17, 15) is 18.3 Å². The van der Waals surface area contributed by atoms with E-state index in [1.54, 1.807) is 24.3 Å². The average molecular weight is 450 g/mol. The van der Waals surface area contributed by atoms with Gasteiger partial charge < -0.3 is 9.84 Å². The predicted molar refractivity (Wildman–Crippen MR) is 117 cm³/mol. The topological polar surface area (TPSA) is 83.9 Å². The van der Waals surface area contributed by atoms with Crippen molar-refractivity contribution >= 4 is 28.2 Å². The zero-order valence-electron chi connectivity index (χ0n) is 16.4. The molecular weight excluding hydrogens is 426 g/mol. The van der Waals surface area contributed by atoms with Crippen LogP contribution in [0.3, 0.4) is 0 Å². The van der Waals surface area contributed by atoms with Crippen LogP contribution in [0.4, 0.5) is 0 Å². The number of halogens is 1. The molecule has 1 saturated heterocycles. The largest absolute Gasteiger partial charge is 0.481 e. The van der Waals surface area contributed by atoms with Crippen molar-refractivity contribution in [1.29, 1.82) is 0 Å². The zero-order valence-corrected chi connectivity index (χ0v) is 18.0. The maximum atomic E-state index is 12.9. The Bertz CT molecular complexity index is 992. The van der Waals surface area contributed by atoms with Gasteiger partial charge in [-0.15, -0.1) is 18.8 Å². The molecule has 8 heteroatoms. The Morgan fingerprint density at radius 2 is 1.63 bits per heavy atom. The summed E-state index contributed by atoms with van der Waals surface area (Å²) in [6, 6.07) is 15.2. The second kappa shape index (κ2) is 9.98. The fourth-order valence-electron chi connectivity index (χ4n) is 3.47. The van der Waals surface area contributed by atoms with Crippen LogP contribution in [0.2, 0.25) is 0 Å². The van der Waals surface area contributed by atoms with Gasteiger partial charge in [-0.2, -0.15) is 0 Å². The number of carboxylic acid groups (broad SMARTS) is 1. The van der Waals surface area contributed by atoms with E-state index in [0.717, 1.165) is 0 Å². The quantitative estimate of drug-likeness (QED) is 0.651. The van der Waals surface area contributed by atoms with E-state index in [-0.39, 0.29) is 30.1 Å². The lowest BCUT2D eigenvalue weighted by Crippen LogP contribution is -2.48. The minimum absolute atomic E-state index is 0. The number of para-hydroxylation sites is 1. The summed E-state index contributed by atoms with van der Waals surface area (Å²) >= 11 is 0. The molecule has 1 fully saturated rings. The fourth-order valence-corrected chi connectivity index (χ4v) is 5.33. The van der Waals surface area contributed by atoms with E-state index >= 15 is 0 Å². The van der Waals surface area contributed by atoms with Crippen LogP contribution in [0.25, 0.3) is 0 Å². The van der Waals surface area contributed by atoms with Gasteiger partial charge in [0.1, 0.15) is 11.5 Å². The molecule has 0 aromatic heterocycles. The average Bonchev–Trinajstić information content (AvgIpc) is 2.71. The van der Waals surface area contributed by atoms with Crippen molar-refractivity contribution in [2.75, 3.05) is 25.4 Å². The maximum absolute atomic E-state index is 12.9. The molecule has 1 heterocycles. The van der Waals surface area contributed by atoms with Gasteiger partial charge in [-0.1, -0.05) is 24.1 Å². The third kappa shape index (κ3) is 5.54. The highest BCUT2D eigenvalue weighted by Gasteiger charge is 2.45. The van der Waals surface area contributed by atoms with Gasteiger partial charge >= 0.3 is 5.97 Å². The molecule has 30 heavy (non-hydrogen) atoms. The Morgan fingerprint density at radius 3 is 2.17 bits per heavy atom. The minimum atomic E-state index is -3.78. The summed E-state index contributed by atoms with van der Waals surface area (Å²) in [5, 5.41) is 9.78. The lowest BCUT2D eigenvalue weighted by molar-refractivity contribution is -0.150. The van der Waals surface area contributed by atoms with Crippen molar-refractivity contribution in [1.82, 2.24) is 4.90 Å². The van der Waals surface area contributed by atoms with E-state index in [1.807, 2.05) is 23.1 Å². The lowest BCUT2D eigenvalue weighted by Gasteiger charge is -2.37. The fraction of sp³-hybridized carbons (Fsp3) is 0.318. The second-order valence-electron chi connectivity index (χ2n) is 7.21. The van der Waals surface area contributed by atoms with E-state index in [4.69, 9.17) is 11.2 Å². The molecule has 160 valence electrons. The Hall–Kier alpha value is -2.53. The molecule has 0 unspecified atom stereocenters. The summed E-state index contributed by atoms with van der Waals surface area (Å²) in [5.74, 6) is 2.18. The first kappa shape index (κ1) is 23.7.